The van der Waals surface area contributed by atoms with Crippen LogP contribution in [0.2, 0.25) is 0 Å². The van der Waals surface area contributed by atoms with Crippen molar-refractivity contribution in [3.63, 3.8) is 0 Å². The summed E-state index contributed by atoms with van der Waals surface area (Å²) in [6.45, 7) is 3.33. The number of likely N-dealkylation sites (tertiary alicyclic amines) is 1. The first kappa shape index (κ1) is 26.9. The molecule has 200 valence electrons. The van der Waals surface area contributed by atoms with Crippen LogP contribution in [0.15, 0.2) is 42.5 Å². The Bertz CT molecular complexity index is 1120. The molecule has 0 aromatic heterocycles. The third-order valence-electron chi connectivity index (χ3n) is 6.78. The van der Waals surface area contributed by atoms with Crippen LogP contribution in [-0.2, 0) is 22.5 Å². The summed E-state index contributed by atoms with van der Waals surface area (Å²) in [6, 6.07) is 12.7. The van der Waals surface area contributed by atoms with Gasteiger partial charge in [-0.25, -0.2) is 4.79 Å². The van der Waals surface area contributed by atoms with Gasteiger partial charge in [0.05, 0.1) is 6.04 Å². The number of fused-ring (bicyclic) bond motifs is 1. The van der Waals surface area contributed by atoms with Crippen molar-refractivity contribution in [1.82, 2.24) is 10.2 Å². The van der Waals surface area contributed by atoms with E-state index < -0.39 is 12.2 Å². The van der Waals surface area contributed by atoms with Gasteiger partial charge in [-0.3, -0.25) is 9.69 Å². The standard InChI is InChI=1S/C28H35F2N3O4/c1-28(2,3)37-27(35)33-14-8-11-21(25(33)18-9-6-5-7-10-18)31-17-20-15-22-19(12-13-24(34)32(22)4)16-23(20)36-26(29)30/h5-7,9-10,15-16,21,25-26,31H,8,11-14,17H2,1-4H3. The highest BCUT2D eigenvalue weighted by molar-refractivity contribution is 5.96. The van der Waals surface area contributed by atoms with Crippen molar-refractivity contribution >= 4 is 17.7 Å². The topological polar surface area (TPSA) is 71.1 Å². The molecular formula is C28H35F2N3O4. The first-order chi connectivity index (χ1) is 17.5. The molecule has 7 nitrogen and oxygen atoms in total. The maximum Gasteiger partial charge on any atom is 0.410 e. The van der Waals surface area contributed by atoms with Crippen LogP contribution >= 0.6 is 0 Å². The molecule has 0 spiro atoms. The van der Waals surface area contributed by atoms with Crippen molar-refractivity contribution in [2.24, 2.45) is 0 Å². The molecule has 2 unspecified atom stereocenters. The molecular weight excluding hydrogens is 480 g/mol. The quantitative estimate of drug-likeness (QED) is 0.556. The molecule has 1 saturated heterocycles. The summed E-state index contributed by atoms with van der Waals surface area (Å²) in [5.74, 6) is 0.0819. The second-order valence-electron chi connectivity index (χ2n) is 10.6. The highest BCUT2D eigenvalue weighted by atomic mass is 19.3. The van der Waals surface area contributed by atoms with E-state index in [1.165, 1.54) is 0 Å². The number of halogens is 2. The lowest BCUT2D eigenvalue weighted by atomic mass is 9.90. The van der Waals surface area contributed by atoms with Crippen LogP contribution in [-0.4, -0.2) is 48.7 Å². The molecule has 1 fully saturated rings. The number of ether oxygens (including phenoxy) is 2. The molecule has 0 aliphatic carbocycles. The maximum absolute atomic E-state index is 13.3. The Morgan fingerprint density at radius 2 is 1.89 bits per heavy atom. The third kappa shape index (κ3) is 6.39. The van der Waals surface area contributed by atoms with E-state index in [9.17, 15) is 18.4 Å². The van der Waals surface area contributed by atoms with Gasteiger partial charge < -0.3 is 19.7 Å². The normalized spacial score (nSPS) is 20.1. The number of nitrogens with zero attached hydrogens (tertiary/aromatic N) is 2. The number of piperidine rings is 1. The Morgan fingerprint density at radius 1 is 1.16 bits per heavy atom. The van der Waals surface area contributed by atoms with Gasteiger partial charge >= 0.3 is 12.7 Å². The van der Waals surface area contributed by atoms with Gasteiger partial charge in [-0.05, 0) is 63.3 Å². The van der Waals surface area contributed by atoms with Crippen LogP contribution in [0.25, 0.3) is 0 Å². The van der Waals surface area contributed by atoms with Crippen LogP contribution in [0.3, 0.4) is 0 Å². The lowest BCUT2D eigenvalue weighted by molar-refractivity contribution is -0.118. The van der Waals surface area contributed by atoms with E-state index >= 15 is 0 Å². The number of carbonyl (C=O) groups excluding carboxylic acids is 2. The van der Waals surface area contributed by atoms with Crippen molar-refractivity contribution in [1.29, 1.82) is 0 Å². The SMILES string of the molecule is CN1C(=O)CCc2cc(OC(F)F)c(CNC3CCCN(C(=O)OC(C)(C)C)C3c3ccccc3)cc21. The van der Waals surface area contributed by atoms with Crippen molar-refractivity contribution in [2.75, 3.05) is 18.5 Å². The largest absolute Gasteiger partial charge is 0.444 e. The lowest BCUT2D eigenvalue weighted by Gasteiger charge is -2.42. The molecule has 4 rings (SSSR count). The second kappa shape index (κ2) is 11.0. The summed E-state index contributed by atoms with van der Waals surface area (Å²) >= 11 is 0. The van der Waals surface area contributed by atoms with Crippen molar-refractivity contribution in [2.45, 2.75) is 77.3 Å². The first-order valence-electron chi connectivity index (χ1n) is 12.7. The summed E-state index contributed by atoms with van der Waals surface area (Å²) in [6.07, 6.45) is 1.98. The van der Waals surface area contributed by atoms with Crippen molar-refractivity contribution < 1.29 is 27.8 Å². The summed E-state index contributed by atoms with van der Waals surface area (Å²) < 4.78 is 37.1. The first-order valence-corrected chi connectivity index (χ1v) is 12.7. The molecule has 0 radical (unpaired) electrons. The number of benzene rings is 2. The fraction of sp³-hybridized carbons (Fsp3) is 0.500. The molecule has 1 N–H and O–H groups in total. The smallest absolute Gasteiger partial charge is 0.410 e. The van der Waals surface area contributed by atoms with Crippen LogP contribution in [0.4, 0.5) is 19.3 Å². The van der Waals surface area contributed by atoms with Crippen LogP contribution in [0, 0.1) is 0 Å². The molecule has 2 aliphatic heterocycles. The zero-order valence-electron chi connectivity index (χ0n) is 21.8. The van der Waals surface area contributed by atoms with Gasteiger partial charge in [-0.15, -0.1) is 0 Å². The molecule has 2 atom stereocenters. The van der Waals surface area contributed by atoms with Gasteiger partial charge in [-0.2, -0.15) is 8.78 Å². The van der Waals surface area contributed by atoms with Crippen LogP contribution in [0.1, 0.15) is 62.8 Å². The molecule has 9 heteroatoms. The van der Waals surface area contributed by atoms with E-state index in [0.717, 1.165) is 24.0 Å². The highest BCUT2D eigenvalue weighted by Crippen LogP contribution is 2.36. The number of hydrogen-bond acceptors (Lipinski definition) is 5. The Morgan fingerprint density at radius 3 is 2.57 bits per heavy atom. The molecule has 2 aromatic rings. The minimum atomic E-state index is -2.96. The number of amides is 2. The number of nitrogens with one attached hydrogen (secondary N) is 1. The van der Waals surface area contributed by atoms with E-state index in [1.54, 1.807) is 29.0 Å². The van der Waals surface area contributed by atoms with E-state index in [0.29, 0.717) is 30.6 Å². The van der Waals surface area contributed by atoms with E-state index in [1.807, 2.05) is 51.1 Å². The van der Waals surface area contributed by atoms with Crippen molar-refractivity contribution in [3.05, 3.63) is 59.2 Å². The molecule has 2 aliphatic rings. The fourth-order valence-electron chi connectivity index (χ4n) is 5.09. The maximum atomic E-state index is 13.3. The number of rotatable bonds is 6. The van der Waals surface area contributed by atoms with E-state index in [-0.39, 0.29) is 36.4 Å². The van der Waals surface area contributed by atoms with Gasteiger partial charge in [0, 0.05) is 43.9 Å². The molecule has 2 aromatic carbocycles. The lowest BCUT2D eigenvalue weighted by Crippen LogP contribution is -2.51. The number of hydrogen-bond donors (Lipinski definition) is 1. The Kier molecular flexibility index (Phi) is 8.02. The minimum absolute atomic E-state index is 0.0154. The number of aryl methyl sites for hydroxylation is 1. The third-order valence-corrected chi connectivity index (χ3v) is 6.78. The number of alkyl halides is 2. The van der Waals surface area contributed by atoms with Gasteiger partial charge in [0.2, 0.25) is 5.91 Å². The molecule has 2 amide bonds. The predicted molar refractivity (Wildman–Crippen MR) is 137 cm³/mol. The predicted octanol–water partition coefficient (Wildman–Crippen LogP) is 5.43. The molecule has 0 saturated carbocycles. The average Bonchev–Trinajstić information content (AvgIpc) is 2.84. The Hall–Kier alpha value is -3.20. The van der Waals surface area contributed by atoms with Crippen molar-refractivity contribution in [3.8, 4) is 5.75 Å². The number of carbonyl (C=O) groups is 2. The second-order valence-corrected chi connectivity index (χ2v) is 10.6. The van der Waals surface area contributed by atoms with Gasteiger partial charge in [-0.1, -0.05) is 30.3 Å². The molecule has 37 heavy (non-hydrogen) atoms. The van der Waals surface area contributed by atoms with Gasteiger partial charge in [0.1, 0.15) is 11.4 Å². The summed E-state index contributed by atoms with van der Waals surface area (Å²) in [7, 11) is 1.69. The fourth-order valence-corrected chi connectivity index (χ4v) is 5.09. The molecule has 0 bridgehead atoms. The van der Waals surface area contributed by atoms with Crippen LogP contribution in [0.5, 0.6) is 5.75 Å². The Labute approximate surface area is 216 Å². The zero-order chi connectivity index (χ0) is 26.7. The van der Waals surface area contributed by atoms with Gasteiger partial charge in [0.25, 0.3) is 0 Å². The van der Waals surface area contributed by atoms with E-state index in [4.69, 9.17) is 9.47 Å². The summed E-state index contributed by atoms with van der Waals surface area (Å²) in [5.41, 5.74) is 2.37. The molecule has 2 heterocycles. The minimum Gasteiger partial charge on any atom is -0.444 e. The summed E-state index contributed by atoms with van der Waals surface area (Å²) in [4.78, 5) is 28.7. The summed E-state index contributed by atoms with van der Waals surface area (Å²) in [5, 5.41) is 3.50. The average molecular weight is 516 g/mol. The number of anilines is 1. The monoisotopic (exact) mass is 515 g/mol. The van der Waals surface area contributed by atoms with Gasteiger partial charge in [0.15, 0.2) is 0 Å². The van der Waals surface area contributed by atoms with Crippen LogP contribution < -0.4 is 15.0 Å². The Balaban J connectivity index is 1.62. The zero-order valence-corrected chi connectivity index (χ0v) is 21.8. The van der Waals surface area contributed by atoms with E-state index in [2.05, 4.69) is 5.32 Å². The highest BCUT2D eigenvalue weighted by Gasteiger charge is 2.37.